The molecule has 0 radical (unpaired) electrons. The third kappa shape index (κ3) is 11.4. The van der Waals surface area contributed by atoms with Crippen molar-refractivity contribution in [2.75, 3.05) is 26.4 Å². The second-order valence-corrected chi connectivity index (χ2v) is 29.2. The van der Waals surface area contributed by atoms with Crippen LogP contribution >= 0.6 is 0 Å². The van der Waals surface area contributed by atoms with Gasteiger partial charge in [-0.1, -0.05) is 60.1 Å². The second kappa shape index (κ2) is 25.4. The Bertz CT molecular complexity index is 2460. The minimum atomic E-state index is -2.14. The van der Waals surface area contributed by atoms with Crippen molar-refractivity contribution >= 4 is 5.97 Å². The third-order valence-corrected chi connectivity index (χ3v) is 23.7. The van der Waals surface area contributed by atoms with Crippen molar-refractivity contribution in [1.82, 2.24) is 0 Å². The second-order valence-electron chi connectivity index (χ2n) is 29.2. The van der Waals surface area contributed by atoms with Crippen molar-refractivity contribution < 1.29 is 139 Å². The lowest BCUT2D eigenvalue weighted by Gasteiger charge is -2.72. The average Bonchev–Trinajstić information content (AvgIpc) is 0.678. The predicted octanol–water partition coefficient (Wildman–Crippen LogP) is -3.65. The van der Waals surface area contributed by atoms with E-state index in [2.05, 4.69) is 47.6 Å². The molecular formula is C60H98O28. The van der Waals surface area contributed by atoms with Gasteiger partial charge in [-0.3, -0.25) is 0 Å². The molecule has 0 amide bonds. The molecule has 5 aliphatic carbocycles. The Hall–Kier alpha value is -1.83. The largest absolute Gasteiger partial charge is 0.479 e. The summed E-state index contributed by atoms with van der Waals surface area (Å²) >= 11 is 0. The summed E-state index contributed by atoms with van der Waals surface area (Å²) in [4.78, 5) is 12.7. The van der Waals surface area contributed by atoms with Crippen molar-refractivity contribution in [3.63, 3.8) is 0 Å². The number of aliphatic hydroxyl groups excluding tert-OH is 16. The van der Waals surface area contributed by atoms with Crippen LogP contribution in [-0.2, 0) is 52.2 Å². The van der Waals surface area contributed by atoms with Gasteiger partial charge in [0.2, 0.25) is 0 Å². The first kappa shape index (κ1) is 69.0. The standard InChI is InChI=1S/C60H98O28/c1-23-33(65)37(69)43(75)50(79-23)86-47-40(72)36(68)28(21-63)82-53(47)88-48-42(74)41(73)45(49(77)78)85-54(48)83-31-12-13-57(5)29(58(31,6)22-64)11-14-60(8)30(57)10-9-24-25-17-55(2,3)18-32(56(25,4)15-16-59(24,60)7)84-52-46(39(71)35(67)27(20-62)81-52)87-51-44(76)38(70)34(66)26(19-61)80-51/h9,23,25-48,50-54,61-76H,10-22H2,1-8H3,(H,77,78)/t23-,25+,26-,27-,28-,29+,30+,31-,32+,33-,34-,35-,36-,37+,38+,39+,40+,41+,42+,43-,44-,45+,46-,47-,48-,50+,51+,52+,53+,54-,56-,57-,58-,59+,60+/m0/s1. The Labute approximate surface area is 510 Å². The van der Waals surface area contributed by atoms with Gasteiger partial charge in [0.25, 0.3) is 0 Å². The lowest BCUT2D eigenvalue weighted by atomic mass is 9.33. The summed E-state index contributed by atoms with van der Waals surface area (Å²) in [6.07, 6.45) is -36.7. The molecular weight excluding hydrogens is 1170 g/mol. The fourth-order valence-corrected chi connectivity index (χ4v) is 18.1. The van der Waals surface area contributed by atoms with E-state index in [-0.39, 0.29) is 34.0 Å². The molecule has 28 heteroatoms. The summed E-state index contributed by atoms with van der Waals surface area (Å²) in [6, 6.07) is 0. The summed E-state index contributed by atoms with van der Waals surface area (Å²) in [6.45, 7) is 14.1. The van der Waals surface area contributed by atoms with Gasteiger partial charge in [-0.05, 0) is 104 Å². The number of ether oxygens (including phenoxy) is 10. The summed E-state index contributed by atoms with van der Waals surface area (Å²) in [5.74, 6) is -1.85. The number of carboxylic acids is 1. The number of aliphatic carboxylic acids is 1. The number of carboxylic acid groups (broad SMARTS) is 1. The van der Waals surface area contributed by atoms with Crippen LogP contribution in [0.3, 0.4) is 0 Å². The van der Waals surface area contributed by atoms with Crippen LogP contribution in [0.15, 0.2) is 11.6 Å². The minimum Gasteiger partial charge on any atom is -0.479 e. The fourth-order valence-electron chi connectivity index (χ4n) is 18.1. The van der Waals surface area contributed by atoms with Gasteiger partial charge in [0.1, 0.15) is 110 Å². The van der Waals surface area contributed by atoms with Crippen LogP contribution in [0, 0.1) is 50.2 Å². The van der Waals surface area contributed by atoms with Gasteiger partial charge >= 0.3 is 5.97 Å². The monoisotopic (exact) mass is 1270 g/mol. The quantitative estimate of drug-likeness (QED) is 0.0555. The maximum absolute atomic E-state index is 12.7. The van der Waals surface area contributed by atoms with Crippen LogP contribution in [0.4, 0.5) is 0 Å². The number of allylic oxidation sites excluding steroid dienone is 2. The lowest BCUT2D eigenvalue weighted by Crippen LogP contribution is -2.68. The molecule has 0 bridgehead atoms. The first-order valence-corrected chi connectivity index (χ1v) is 31.3. The molecule has 4 saturated carbocycles. The Morgan fingerprint density at radius 1 is 0.489 bits per heavy atom. The Kier molecular flexibility index (Phi) is 19.9. The van der Waals surface area contributed by atoms with Gasteiger partial charge < -0.3 is 134 Å². The van der Waals surface area contributed by atoms with E-state index in [9.17, 15) is 91.6 Å². The first-order chi connectivity index (χ1) is 41.2. The average molecular weight is 1270 g/mol. The van der Waals surface area contributed by atoms with Gasteiger partial charge in [-0.25, -0.2) is 4.79 Å². The highest BCUT2D eigenvalue weighted by Crippen LogP contribution is 2.76. The molecule has 10 aliphatic rings. The summed E-state index contributed by atoms with van der Waals surface area (Å²) in [5.41, 5.74) is -1.75. The Morgan fingerprint density at radius 2 is 0.966 bits per heavy atom. The molecule has 0 spiro atoms. The minimum absolute atomic E-state index is 0.0385. The van der Waals surface area contributed by atoms with Gasteiger partial charge in [-0.15, -0.1) is 0 Å². The van der Waals surface area contributed by atoms with E-state index in [1.165, 1.54) is 12.5 Å². The van der Waals surface area contributed by atoms with Crippen molar-refractivity contribution in [3.05, 3.63) is 11.6 Å². The number of aliphatic hydroxyl groups is 16. The number of carbonyl (C=O) groups is 1. The van der Waals surface area contributed by atoms with Crippen molar-refractivity contribution in [1.29, 1.82) is 0 Å². The molecule has 0 aromatic heterocycles. The van der Waals surface area contributed by atoms with Gasteiger partial charge in [0.15, 0.2) is 37.6 Å². The highest BCUT2D eigenvalue weighted by atomic mass is 16.8. The molecule has 88 heavy (non-hydrogen) atoms. The Morgan fingerprint density at radius 3 is 1.51 bits per heavy atom. The van der Waals surface area contributed by atoms with Crippen LogP contribution < -0.4 is 0 Å². The normalized spacial score (nSPS) is 55.5. The van der Waals surface area contributed by atoms with Crippen LogP contribution in [0.2, 0.25) is 0 Å². The molecule has 10 rings (SSSR count). The summed E-state index contributed by atoms with van der Waals surface area (Å²) < 4.78 is 61.4. The van der Waals surface area contributed by atoms with E-state index in [1.54, 1.807) is 0 Å². The van der Waals surface area contributed by atoms with E-state index in [4.69, 9.17) is 47.4 Å². The number of fused-ring (bicyclic) bond motifs is 7. The lowest BCUT2D eigenvalue weighted by molar-refractivity contribution is -0.396. The maximum Gasteiger partial charge on any atom is 0.335 e. The van der Waals surface area contributed by atoms with Crippen molar-refractivity contribution in [3.8, 4) is 0 Å². The number of rotatable bonds is 15. The molecule has 506 valence electrons. The van der Waals surface area contributed by atoms with E-state index in [0.29, 0.717) is 38.5 Å². The zero-order valence-corrected chi connectivity index (χ0v) is 51.2. The molecule has 5 heterocycles. The molecule has 17 N–H and O–H groups in total. The molecule has 0 aromatic rings. The zero-order chi connectivity index (χ0) is 64.4. The van der Waals surface area contributed by atoms with Crippen molar-refractivity contribution in [2.45, 2.75) is 279 Å². The third-order valence-electron chi connectivity index (χ3n) is 23.7. The van der Waals surface area contributed by atoms with Crippen LogP contribution in [0.1, 0.15) is 113 Å². The van der Waals surface area contributed by atoms with E-state index in [0.717, 1.165) is 19.3 Å². The van der Waals surface area contributed by atoms with Crippen LogP contribution in [0.25, 0.3) is 0 Å². The van der Waals surface area contributed by atoms with E-state index in [1.807, 2.05) is 6.92 Å². The van der Waals surface area contributed by atoms with Crippen molar-refractivity contribution in [2.24, 2.45) is 50.2 Å². The van der Waals surface area contributed by atoms with Gasteiger partial charge in [0.05, 0.1) is 44.7 Å². The highest BCUT2D eigenvalue weighted by Gasteiger charge is 2.71. The fraction of sp³-hybridized carbons (Fsp3) is 0.950. The molecule has 0 unspecified atom stereocenters. The predicted molar refractivity (Wildman–Crippen MR) is 296 cm³/mol. The molecule has 5 saturated heterocycles. The number of hydrogen-bond donors (Lipinski definition) is 17. The number of hydrogen-bond acceptors (Lipinski definition) is 27. The van der Waals surface area contributed by atoms with Gasteiger partial charge in [0, 0.05) is 10.8 Å². The Balaban J connectivity index is 0.905. The van der Waals surface area contributed by atoms with E-state index >= 15 is 0 Å². The smallest absolute Gasteiger partial charge is 0.335 e. The molecule has 0 aromatic carbocycles. The molecule has 35 atom stereocenters. The SMILES string of the molecule is C[C@@H]1O[C@H](O[C@@H]2[C@@H](O[C@@H]3[C@@H](O[C@H]4CC[C@@]5(C)[C@@H](CC[C@]6(C)[C@@H]5CC=C5[C@H]7CC(C)(C)C[C@@H](O[C@H]8O[C@@H](CO)[C@H](O)[C@@H](O)[C@@H]8O[C@H]8O[C@@H](CO)[C@H](O)[C@@H](O)[C@@H]8O)[C@@]7(C)CC[C@]56C)[C@]4(C)CO)O[C@@H](C(=O)O)[C@H](O)[C@H]3O)O[C@@H](CO)[C@H](O)[C@H]2O)[C@@H](O)[C@H](O)[C@H]1O. The highest BCUT2D eigenvalue weighted by molar-refractivity contribution is 5.73. The molecule has 9 fully saturated rings. The van der Waals surface area contributed by atoms with E-state index < -0.39 is 214 Å². The van der Waals surface area contributed by atoms with Crippen LogP contribution in [-0.4, -0.2) is 285 Å². The summed E-state index contributed by atoms with van der Waals surface area (Å²) in [5, 5.41) is 184. The maximum atomic E-state index is 12.7. The first-order valence-electron chi connectivity index (χ1n) is 31.3. The van der Waals surface area contributed by atoms with Gasteiger partial charge in [-0.2, -0.15) is 0 Å². The zero-order valence-electron chi connectivity index (χ0n) is 51.2. The molecule has 5 aliphatic heterocycles. The van der Waals surface area contributed by atoms with Crippen LogP contribution in [0.5, 0.6) is 0 Å². The molecule has 28 nitrogen and oxygen atoms in total. The summed E-state index contributed by atoms with van der Waals surface area (Å²) in [7, 11) is 0. The topological polar surface area (TPSA) is 453 Å².